The first-order valence-electron chi connectivity index (χ1n) is 7.38. The van der Waals surface area contributed by atoms with Gasteiger partial charge in [0.15, 0.2) is 0 Å². The Kier molecular flexibility index (Phi) is 4.96. The van der Waals surface area contributed by atoms with Gasteiger partial charge in [0, 0.05) is 0 Å². The molecule has 0 saturated heterocycles. The molecule has 1 aliphatic rings. The number of amides is 1. The molecule has 1 aromatic rings. The van der Waals surface area contributed by atoms with Crippen molar-refractivity contribution in [3.8, 4) is 0 Å². The van der Waals surface area contributed by atoms with E-state index in [9.17, 15) is 14.7 Å². The first-order valence-corrected chi connectivity index (χ1v) is 7.38. The maximum absolute atomic E-state index is 12.2. The summed E-state index contributed by atoms with van der Waals surface area (Å²) in [5.74, 6) is -1.34. The van der Waals surface area contributed by atoms with E-state index in [0.29, 0.717) is 19.3 Å². The van der Waals surface area contributed by atoms with Gasteiger partial charge in [0.05, 0.1) is 6.04 Å². The number of nitrogens with one attached hydrogen (secondary N) is 1. The Balaban J connectivity index is 2.00. The second kappa shape index (κ2) is 6.72. The van der Waals surface area contributed by atoms with E-state index in [1.807, 2.05) is 30.3 Å². The van der Waals surface area contributed by atoms with Crippen molar-refractivity contribution in [1.29, 1.82) is 0 Å². The molecule has 1 amide bonds. The molecule has 0 spiro atoms. The largest absolute Gasteiger partial charge is 0.480 e. The molecule has 1 fully saturated rings. The van der Waals surface area contributed by atoms with Crippen LogP contribution in [0.1, 0.15) is 37.7 Å². The second-order valence-electron chi connectivity index (χ2n) is 5.73. The minimum atomic E-state index is -1.14. The highest BCUT2D eigenvalue weighted by atomic mass is 16.4. The van der Waals surface area contributed by atoms with Gasteiger partial charge in [0.25, 0.3) is 0 Å². The minimum absolute atomic E-state index is 0.386. The van der Waals surface area contributed by atoms with E-state index in [1.165, 1.54) is 0 Å². The molecule has 0 heterocycles. The third-order valence-electron chi connectivity index (χ3n) is 4.11. The van der Waals surface area contributed by atoms with Crippen molar-refractivity contribution in [3.05, 3.63) is 35.9 Å². The Bertz CT molecular complexity index is 496. The van der Waals surface area contributed by atoms with Gasteiger partial charge in [0.2, 0.25) is 5.91 Å². The topological polar surface area (TPSA) is 92.4 Å². The van der Waals surface area contributed by atoms with Gasteiger partial charge in [-0.25, -0.2) is 4.79 Å². The molecule has 1 atom stereocenters. The van der Waals surface area contributed by atoms with E-state index in [-0.39, 0.29) is 5.91 Å². The summed E-state index contributed by atoms with van der Waals surface area (Å²) < 4.78 is 0. The van der Waals surface area contributed by atoms with Crippen LogP contribution in [-0.4, -0.2) is 28.6 Å². The summed E-state index contributed by atoms with van der Waals surface area (Å²) in [6, 6.07) is 8.75. The number of carbonyl (C=O) groups excluding carboxylic acids is 1. The van der Waals surface area contributed by atoms with Crippen molar-refractivity contribution in [2.45, 2.75) is 50.1 Å². The lowest BCUT2D eigenvalue weighted by Gasteiger charge is -2.34. The number of hydrogen-bond donors (Lipinski definition) is 3. The summed E-state index contributed by atoms with van der Waals surface area (Å²) in [4.78, 5) is 23.8. The van der Waals surface area contributed by atoms with Crippen molar-refractivity contribution < 1.29 is 14.7 Å². The van der Waals surface area contributed by atoms with Gasteiger partial charge in [-0.3, -0.25) is 4.79 Å². The Morgan fingerprint density at radius 2 is 1.81 bits per heavy atom. The summed E-state index contributed by atoms with van der Waals surface area (Å²) in [5.41, 5.74) is 5.75. The predicted octanol–water partition coefficient (Wildman–Crippen LogP) is 1.46. The van der Waals surface area contributed by atoms with E-state index >= 15 is 0 Å². The van der Waals surface area contributed by atoms with Crippen LogP contribution in [0.4, 0.5) is 0 Å². The molecule has 1 aliphatic carbocycles. The van der Waals surface area contributed by atoms with Gasteiger partial charge in [-0.1, -0.05) is 49.6 Å². The van der Waals surface area contributed by atoms with Crippen LogP contribution in [0.2, 0.25) is 0 Å². The zero-order valence-electron chi connectivity index (χ0n) is 12.0. The predicted molar refractivity (Wildman–Crippen MR) is 79.7 cm³/mol. The van der Waals surface area contributed by atoms with Gasteiger partial charge in [-0.05, 0) is 24.8 Å². The second-order valence-corrected chi connectivity index (χ2v) is 5.73. The number of carboxylic acids is 1. The van der Waals surface area contributed by atoms with Crippen molar-refractivity contribution in [2.75, 3.05) is 0 Å². The third-order valence-corrected chi connectivity index (χ3v) is 4.11. The fourth-order valence-corrected chi connectivity index (χ4v) is 2.84. The van der Waals surface area contributed by atoms with E-state index in [2.05, 4.69) is 5.32 Å². The Morgan fingerprint density at radius 1 is 1.19 bits per heavy atom. The van der Waals surface area contributed by atoms with Crippen LogP contribution in [0.25, 0.3) is 0 Å². The summed E-state index contributed by atoms with van der Waals surface area (Å²) >= 11 is 0. The van der Waals surface area contributed by atoms with Crippen LogP contribution in [0.5, 0.6) is 0 Å². The van der Waals surface area contributed by atoms with Crippen molar-refractivity contribution in [3.63, 3.8) is 0 Å². The fraction of sp³-hybridized carbons (Fsp3) is 0.500. The average Bonchev–Trinajstić information content (AvgIpc) is 2.49. The van der Waals surface area contributed by atoms with E-state index in [0.717, 1.165) is 24.8 Å². The first kappa shape index (κ1) is 15.5. The molecule has 0 aliphatic heterocycles. The molecule has 1 aromatic carbocycles. The quantitative estimate of drug-likeness (QED) is 0.765. The lowest BCUT2D eigenvalue weighted by molar-refractivity contribution is -0.149. The Hall–Kier alpha value is -1.88. The average molecular weight is 290 g/mol. The van der Waals surface area contributed by atoms with Crippen LogP contribution in [-0.2, 0) is 16.0 Å². The number of carboxylic acid groups (broad SMARTS) is 1. The smallest absolute Gasteiger partial charge is 0.329 e. The summed E-state index contributed by atoms with van der Waals surface area (Å²) in [6.07, 6.45) is 4.02. The monoisotopic (exact) mass is 290 g/mol. The summed E-state index contributed by atoms with van der Waals surface area (Å²) in [7, 11) is 0. The molecule has 0 bridgehead atoms. The van der Waals surface area contributed by atoms with Crippen molar-refractivity contribution >= 4 is 11.9 Å². The number of aliphatic carboxylic acids is 1. The van der Waals surface area contributed by atoms with Gasteiger partial charge >= 0.3 is 5.97 Å². The maximum Gasteiger partial charge on any atom is 0.329 e. The van der Waals surface area contributed by atoms with Crippen LogP contribution in [0, 0.1) is 0 Å². The van der Waals surface area contributed by atoms with E-state index in [1.54, 1.807) is 0 Å². The summed E-state index contributed by atoms with van der Waals surface area (Å²) in [5, 5.41) is 12.1. The number of benzene rings is 1. The molecule has 0 aromatic heterocycles. The molecule has 114 valence electrons. The van der Waals surface area contributed by atoms with E-state index < -0.39 is 17.6 Å². The number of carbonyl (C=O) groups is 2. The lowest BCUT2D eigenvalue weighted by Crippen LogP contribution is -2.59. The van der Waals surface area contributed by atoms with Gasteiger partial charge < -0.3 is 16.2 Å². The molecule has 21 heavy (non-hydrogen) atoms. The van der Waals surface area contributed by atoms with Crippen LogP contribution >= 0.6 is 0 Å². The number of hydrogen-bond acceptors (Lipinski definition) is 3. The Morgan fingerprint density at radius 3 is 2.38 bits per heavy atom. The molecule has 1 unspecified atom stereocenters. The maximum atomic E-state index is 12.2. The van der Waals surface area contributed by atoms with Crippen LogP contribution in [0.3, 0.4) is 0 Å². The van der Waals surface area contributed by atoms with Crippen LogP contribution < -0.4 is 11.1 Å². The van der Waals surface area contributed by atoms with Gasteiger partial charge in [0.1, 0.15) is 5.54 Å². The number of rotatable bonds is 5. The lowest BCUT2D eigenvalue weighted by atomic mass is 9.81. The fourth-order valence-electron chi connectivity index (χ4n) is 2.84. The van der Waals surface area contributed by atoms with Crippen LogP contribution in [0.15, 0.2) is 30.3 Å². The number of nitrogens with two attached hydrogens (primary N) is 1. The molecule has 1 saturated carbocycles. The van der Waals surface area contributed by atoms with Gasteiger partial charge in [-0.15, -0.1) is 0 Å². The normalized spacial score (nSPS) is 18.7. The standard InChI is InChI=1S/C16H22N2O3/c17-13(11-12-7-3-1-4-8-12)14(19)18-16(15(20)21)9-5-2-6-10-16/h1,3-4,7-8,13H,2,5-6,9-11,17H2,(H,18,19)(H,20,21). The summed E-state index contributed by atoms with van der Waals surface area (Å²) in [6.45, 7) is 0. The van der Waals surface area contributed by atoms with Gasteiger partial charge in [-0.2, -0.15) is 0 Å². The zero-order chi connectivity index (χ0) is 15.3. The van der Waals surface area contributed by atoms with E-state index in [4.69, 9.17) is 5.73 Å². The molecule has 5 nitrogen and oxygen atoms in total. The molecule has 4 N–H and O–H groups in total. The van der Waals surface area contributed by atoms with Crippen molar-refractivity contribution in [2.24, 2.45) is 5.73 Å². The zero-order valence-corrected chi connectivity index (χ0v) is 12.0. The van der Waals surface area contributed by atoms with Crippen molar-refractivity contribution in [1.82, 2.24) is 5.32 Å². The highest BCUT2D eigenvalue weighted by Gasteiger charge is 2.41. The molecule has 0 radical (unpaired) electrons. The molecular formula is C16H22N2O3. The first-order chi connectivity index (χ1) is 10.0. The highest BCUT2D eigenvalue weighted by Crippen LogP contribution is 2.28. The SMILES string of the molecule is NC(Cc1ccccc1)C(=O)NC1(C(=O)O)CCCCC1. The molecule has 5 heteroatoms. The Labute approximate surface area is 124 Å². The third kappa shape index (κ3) is 3.82. The molecular weight excluding hydrogens is 268 g/mol. The molecule has 2 rings (SSSR count). The minimum Gasteiger partial charge on any atom is -0.480 e. The highest BCUT2D eigenvalue weighted by molar-refractivity contribution is 5.89.